The van der Waals surface area contributed by atoms with Gasteiger partial charge in [0, 0.05) is 11.1 Å². The van der Waals surface area contributed by atoms with Crippen LogP contribution in [0.3, 0.4) is 0 Å². The van der Waals surface area contributed by atoms with E-state index < -0.39 is 5.91 Å². The summed E-state index contributed by atoms with van der Waals surface area (Å²) in [5.41, 5.74) is 4.85. The van der Waals surface area contributed by atoms with Crippen molar-refractivity contribution < 1.29 is 24.5 Å². The summed E-state index contributed by atoms with van der Waals surface area (Å²) in [7, 11) is 3.07. The molecular formula is C24H21ClN2O5. The molecule has 0 aliphatic heterocycles. The Morgan fingerprint density at radius 1 is 1.00 bits per heavy atom. The number of rotatable bonds is 7. The molecule has 3 aromatic carbocycles. The summed E-state index contributed by atoms with van der Waals surface area (Å²) in [6.07, 6.45) is 5.12. The van der Waals surface area contributed by atoms with Crippen LogP contribution in [0.25, 0.3) is 12.2 Å². The Hall–Kier alpha value is -3.97. The van der Waals surface area contributed by atoms with E-state index in [0.717, 1.165) is 5.56 Å². The number of hydrogen-bond acceptors (Lipinski definition) is 6. The van der Waals surface area contributed by atoms with Crippen molar-refractivity contribution in [3.05, 3.63) is 81.9 Å². The molecule has 0 aromatic heterocycles. The molecule has 0 spiro atoms. The van der Waals surface area contributed by atoms with Crippen LogP contribution in [0.2, 0.25) is 5.02 Å². The Kier molecular flexibility index (Phi) is 7.36. The lowest BCUT2D eigenvalue weighted by Crippen LogP contribution is -2.17. The van der Waals surface area contributed by atoms with Gasteiger partial charge >= 0.3 is 0 Å². The van der Waals surface area contributed by atoms with E-state index >= 15 is 0 Å². The van der Waals surface area contributed by atoms with Crippen molar-refractivity contribution in [2.24, 2.45) is 5.10 Å². The van der Waals surface area contributed by atoms with Crippen molar-refractivity contribution in [3.63, 3.8) is 0 Å². The Balaban J connectivity index is 1.83. The number of carbonyl (C=O) groups excluding carboxylic acids is 1. The Morgan fingerprint density at radius 3 is 2.50 bits per heavy atom. The fraction of sp³-hybridized carbons (Fsp3) is 0.0833. The van der Waals surface area contributed by atoms with Gasteiger partial charge in [-0.05, 0) is 53.6 Å². The number of methoxy groups -OCH3 is 2. The fourth-order valence-corrected chi connectivity index (χ4v) is 3.09. The van der Waals surface area contributed by atoms with Crippen LogP contribution in [-0.4, -0.2) is 36.6 Å². The summed E-state index contributed by atoms with van der Waals surface area (Å²) in [4.78, 5) is 12.2. The van der Waals surface area contributed by atoms with E-state index in [1.807, 2.05) is 24.3 Å². The van der Waals surface area contributed by atoms with Crippen molar-refractivity contribution in [2.75, 3.05) is 14.2 Å². The lowest BCUT2D eigenvalue weighted by Gasteiger charge is -2.12. The van der Waals surface area contributed by atoms with E-state index in [9.17, 15) is 15.0 Å². The molecule has 0 fully saturated rings. The summed E-state index contributed by atoms with van der Waals surface area (Å²) < 4.78 is 10.9. The number of hydrazone groups is 1. The number of nitrogens with one attached hydrogen (secondary N) is 1. The molecule has 3 N–H and O–H groups in total. The highest BCUT2D eigenvalue weighted by Gasteiger charge is 2.11. The number of phenolic OH excluding ortho intramolecular Hbond substituents is 2. The molecule has 3 rings (SSSR count). The van der Waals surface area contributed by atoms with Gasteiger partial charge in [-0.1, -0.05) is 35.9 Å². The van der Waals surface area contributed by atoms with Crippen LogP contribution in [0.15, 0.2) is 59.7 Å². The van der Waals surface area contributed by atoms with E-state index in [4.69, 9.17) is 21.1 Å². The van der Waals surface area contributed by atoms with E-state index in [1.54, 1.807) is 31.4 Å². The molecule has 0 saturated heterocycles. The minimum Gasteiger partial charge on any atom is -0.508 e. The standard InChI is InChI=1S/C24H21ClN2O5/c1-31-22-12-16(14-26-27-24(30)18-8-9-21(29)20(25)13-18)10-17(23(22)32-2)7-6-15-4-3-5-19(28)11-15/h3-14,28-29H,1-2H3,(H,27,30)/b7-6+,26-14+. The van der Waals surface area contributed by atoms with Gasteiger partial charge in [-0.25, -0.2) is 5.43 Å². The first-order valence-corrected chi connectivity index (χ1v) is 9.84. The maximum Gasteiger partial charge on any atom is 0.271 e. The first kappa shape index (κ1) is 22.7. The third-order valence-corrected chi connectivity index (χ3v) is 4.75. The highest BCUT2D eigenvalue weighted by Crippen LogP contribution is 2.33. The van der Waals surface area contributed by atoms with Crippen molar-refractivity contribution in [1.82, 2.24) is 5.43 Å². The normalized spacial score (nSPS) is 11.1. The zero-order valence-electron chi connectivity index (χ0n) is 17.4. The second kappa shape index (κ2) is 10.4. The largest absolute Gasteiger partial charge is 0.508 e. The Bertz CT molecular complexity index is 1190. The quantitative estimate of drug-likeness (QED) is 0.274. The fourth-order valence-electron chi connectivity index (χ4n) is 2.91. The minimum atomic E-state index is -0.479. The Labute approximate surface area is 190 Å². The Morgan fingerprint density at radius 2 is 1.81 bits per heavy atom. The number of carbonyl (C=O) groups is 1. The lowest BCUT2D eigenvalue weighted by molar-refractivity contribution is 0.0955. The molecule has 0 aliphatic rings. The van der Waals surface area contributed by atoms with Crippen molar-refractivity contribution in [3.8, 4) is 23.0 Å². The molecule has 0 heterocycles. The molecule has 32 heavy (non-hydrogen) atoms. The second-order valence-corrected chi connectivity index (χ2v) is 7.05. The summed E-state index contributed by atoms with van der Waals surface area (Å²) in [5.74, 6) is 0.603. The van der Waals surface area contributed by atoms with Gasteiger partial charge in [0.15, 0.2) is 11.5 Å². The van der Waals surface area contributed by atoms with E-state index in [2.05, 4.69) is 10.5 Å². The number of benzene rings is 3. The zero-order chi connectivity index (χ0) is 23.1. The molecule has 1 amide bonds. The van der Waals surface area contributed by atoms with Gasteiger partial charge in [-0.3, -0.25) is 4.79 Å². The molecule has 0 saturated carbocycles. The van der Waals surface area contributed by atoms with Gasteiger partial charge < -0.3 is 19.7 Å². The number of halogens is 1. The zero-order valence-corrected chi connectivity index (χ0v) is 18.1. The lowest BCUT2D eigenvalue weighted by atomic mass is 10.1. The molecule has 3 aromatic rings. The summed E-state index contributed by atoms with van der Waals surface area (Å²) in [6.45, 7) is 0. The number of amides is 1. The average Bonchev–Trinajstić information content (AvgIpc) is 2.79. The average molecular weight is 453 g/mol. The molecule has 0 aliphatic carbocycles. The first-order valence-electron chi connectivity index (χ1n) is 9.46. The van der Waals surface area contributed by atoms with Crippen LogP contribution in [0, 0.1) is 0 Å². The molecular weight excluding hydrogens is 432 g/mol. The predicted octanol–water partition coefficient (Wildman–Crippen LogP) is 4.70. The molecule has 0 unspecified atom stereocenters. The van der Waals surface area contributed by atoms with Crippen molar-refractivity contribution >= 4 is 35.9 Å². The van der Waals surface area contributed by atoms with Crippen LogP contribution in [0.1, 0.15) is 27.0 Å². The van der Waals surface area contributed by atoms with Gasteiger partial charge in [-0.2, -0.15) is 5.10 Å². The van der Waals surface area contributed by atoms with Crippen LogP contribution in [0.4, 0.5) is 0 Å². The summed E-state index contributed by atoms with van der Waals surface area (Å²) >= 11 is 5.84. The van der Waals surface area contributed by atoms with Crippen molar-refractivity contribution in [2.45, 2.75) is 0 Å². The molecule has 0 atom stereocenters. The molecule has 0 radical (unpaired) electrons. The highest BCUT2D eigenvalue weighted by molar-refractivity contribution is 6.32. The van der Waals surface area contributed by atoms with E-state index in [0.29, 0.717) is 22.6 Å². The van der Waals surface area contributed by atoms with Crippen LogP contribution >= 0.6 is 11.6 Å². The maximum absolute atomic E-state index is 12.2. The van der Waals surface area contributed by atoms with Gasteiger partial charge in [0.1, 0.15) is 11.5 Å². The number of ether oxygens (including phenoxy) is 2. The molecule has 0 bridgehead atoms. The van der Waals surface area contributed by atoms with Gasteiger partial charge in [0.2, 0.25) is 0 Å². The predicted molar refractivity (Wildman–Crippen MR) is 125 cm³/mol. The number of aromatic hydroxyl groups is 2. The van der Waals surface area contributed by atoms with Gasteiger partial charge in [0.05, 0.1) is 25.5 Å². The third kappa shape index (κ3) is 5.59. The summed E-state index contributed by atoms with van der Waals surface area (Å²) in [5, 5.41) is 23.2. The highest BCUT2D eigenvalue weighted by atomic mass is 35.5. The van der Waals surface area contributed by atoms with Crippen LogP contribution in [-0.2, 0) is 0 Å². The van der Waals surface area contributed by atoms with Gasteiger partial charge in [-0.15, -0.1) is 0 Å². The summed E-state index contributed by atoms with van der Waals surface area (Å²) in [6, 6.07) is 14.5. The molecule has 7 nitrogen and oxygen atoms in total. The molecule has 8 heteroatoms. The first-order chi connectivity index (χ1) is 15.4. The number of hydrogen-bond donors (Lipinski definition) is 3. The van der Waals surface area contributed by atoms with Crippen LogP contribution < -0.4 is 14.9 Å². The number of phenols is 2. The van der Waals surface area contributed by atoms with E-state index in [1.165, 1.54) is 31.5 Å². The SMILES string of the molecule is COc1cc(/C=N/NC(=O)c2ccc(O)c(Cl)c2)cc(/C=C/c2cccc(O)c2)c1OC. The minimum absolute atomic E-state index is 0.0738. The molecule has 164 valence electrons. The second-order valence-electron chi connectivity index (χ2n) is 6.64. The maximum atomic E-state index is 12.2. The van der Waals surface area contributed by atoms with Crippen LogP contribution in [0.5, 0.6) is 23.0 Å². The monoisotopic (exact) mass is 452 g/mol. The third-order valence-electron chi connectivity index (χ3n) is 4.45. The number of nitrogens with zero attached hydrogens (tertiary/aromatic N) is 1. The smallest absolute Gasteiger partial charge is 0.271 e. The topological polar surface area (TPSA) is 100 Å². The van der Waals surface area contributed by atoms with Gasteiger partial charge in [0.25, 0.3) is 5.91 Å². The van der Waals surface area contributed by atoms with E-state index in [-0.39, 0.29) is 22.1 Å². The van der Waals surface area contributed by atoms with Crippen molar-refractivity contribution in [1.29, 1.82) is 0 Å².